The molecule has 0 aliphatic heterocycles. The number of nitrogens with zero attached hydrogens (tertiary/aromatic N) is 1. The Bertz CT molecular complexity index is 1120. The van der Waals surface area contributed by atoms with E-state index in [0.29, 0.717) is 37.6 Å². The second kappa shape index (κ2) is 17.6. The summed E-state index contributed by atoms with van der Waals surface area (Å²) in [7, 11) is 0.0833. The molecule has 2 aliphatic rings. The molecule has 1 aromatic rings. The Morgan fingerprint density at radius 1 is 0.909 bits per heavy atom. The van der Waals surface area contributed by atoms with Crippen LogP contribution in [0.4, 0.5) is 0 Å². The molecule has 44 heavy (non-hydrogen) atoms. The van der Waals surface area contributed by atoms with Gasteiger partial charge in [0.15, 0.2) is 9.84 Å². The summed E-state index contributed by atoms with van der Waals surface area (Å²) in [5.41, 5.74) is 0.855. The van der Waals surface area contributed by atoms with Crippen LogP contribution >= 0.6 is 0 Å². The van der Waals surface area contributed by atoms with E-state index in [4.69, 9.17) is 0 Å². The number of nitrogens with one attached hydrogen (secondary N) is 2. The molecule has 5 atom stereocenters. The number of carbonyl (C=O) groups excluding carboxylic acids is 2. The van der Waals surface area contributed by atoms with Gasteiger partial charge in [-0.3, -0.25) is 9.59 Å². The summed E-state index contributed by atoms with van der Waals surface area (Å²) >= 11 is 0. The van der Waals surface area contributed by atoms with Gasteiger partial charge in [0, 0.05) is 6.54 Å². The van der Waals surface area contributed by atoms with Crippen LogP contribution in [0.5, 0.6) is 0 Å². The maximum atomic E-state index is 13.8. The zero-order chi connectivity index (χ0) is 32.3. The molecule has 1 unspecified atom stereocenters. The number of carbonyl (C=O) groups is 2. The van der Waals surface area contributed by atoms with Crippen molar-refractivity contribution >= 4 is 21.7 Å². The molecule has 1 aromatic carbocycles. The molecule has 10 heteroatoms. The Hall–Kier alpha value is -2.01. The zero-order valence-corrected chi connectivity index (χ0v) is 28.1. The van der Waals surface area contributed by atoms with E-state index in [2.05, 4.69) is 10.6 Å². The number of benzene rings is 1. The summed E-state index contributed by atoms with van der Waals surface area (Å²) in [6.07, 6.45) is 7.08. The molecule has 2 fully saturated rings. The average Bonchev–Trinajstić information content (AvgIpc) is 3.79. The lowest BCUT2D eigenvalue weighted by molar-refractivity contribution is -0.132. The predicted octanol–water partition coefficient (Wildman–Crippen LogP) is 3.33. The van der Waals surface area contributed by atoms with E-state index < -0.39 is 46.0 Å². The number of aliphatic hydroxyl groups excluding tert-OH is 2. The van der Waals surface area contributed by atoms with Crippen molar-refractivity contribution in [3.05, 3.63) is 35.9 Å². The van der Waals surface area contributed by atoms with Gasteiger partial charge in [-0.25, -0.2) is 8.42 Å². The molecule has 2 aliphatic carbocycles. The van der Waals surface area contributed by atoms with Crippen molar-refractivity contribution in [2.45, 2.75) is 109 Å². The SMILES string of the molecule is CC(C)C[C@H](O)[C@H](O)[C@H](CC1CCCCC1)NC(=O)[C@H](CC1CC1)NC(=O)C(Cc1ccccc1)CS(=O)(=O)CCN(C)C. The van der Waals surface area contributed by atoms with Crippen LogP contribution < -0.4 is 10.6 Å². The van der Waals surface area contributed by atoms with Gasteiger partial charge < -0.3 is 25.7 Å². The summed E-state index contributed by atoms with van der Waals surface area (Å²) in [4.78, 5) is 29.4. The van der Waals surface area contributed by atoms with E-state index in [-0.39, 0.29) is 29.8 Å². The molecule has 9 nitrogen and oxygen atoms in total. The van der Waals surface area contributed by atoms with E-state index in [1.165, 1.54) is 6.42 Å². The van der Waals surface area contributed by atoms with Crippen LogP contribution in [0, 0.1) is 23.7 Å². The molecule has 0 bridgehead atoms. The molecule has 0 radical (unpaired) electrons. The van der Waals surface area contributed by atoms with Crippen molar-refractivity contribution in [1.29, 1.82) is 0 Å². The maximum Gasteiger partial charge on any atom is 0.242 e. The van der Waals surface area contributed by atoms with Crippen molar-refractivity contribution in [3.63, 3.8) is 0 Å². The fourth-order valence-corrected chi connectivity index (χ4v) is 7.98. The minimum absolute atomic E-state index is 0.0516. The fourth-order valence-electron chi connectivity index (χ4n) is 6.28. The van der Waals surface area contributed by atoms with Crippen LogP contribution in [0.2, 0.25) is 0 Å². The molecule has 2 saturated carbocycles. The third kappa shape index (κ3) is 13.2. The summed E-state index contributed by atoms with van der Waals surface area (Å²) < 4.78 is 26.1. The van der Waals surface area contributed by atoms with Gasteiger partial charge >= 0.3 is 0 Å². The van der Waals surface area contributed by atoms with Crippen molar-refractivity contribution in [2.75, 3.05) is 32.1 Å². The number of amides is 2. The number of aliphatic hydroxyl groups is 2. The van der Waals surface area contributed by atoms with Gasteiger partial charge in [-0.1, -0.05) is 89.1 Å². The highest BCUT2D eigenvalue weighted by atomic mass is 32.2. The summed E-state index contributed by atoms with van der Waals surface area (Å²) in [5, 5.41) is 28.0. The molecule has 3 rings (SSSR count). The molecular formula is C34H57N3O6S. The standard InChI is InChI=1S/C34H57N3O6S/c1-24(2)19-31(38)32(39)29(21-26-13-9-6-10-14-26)35-34(41)30(22-27-15-16-27)36-33(40)28(20-25-11-7-5-8-12-25)23-44(42,43)18-17-37(3)4/h5,7-8,11-12,24,26-32,38-39H,6,9-10,13-23H2,1-4H3,(H,35,41)(H,36,40)/t28?,29-,30-,31-,32+/m0/s1. The number of rotatable bonds is 19. The van der Waals surface area contributed by atoms with Gasteiger partial charge in [0.05, 0.1) is 29.6 Å². The third-order valence-electron chi connectivity index (χ3n) is 9.06. The van der Waals surface area contributed by atoms with E-state index in [9.17, 15) is 28.2 Å². The third-order valence-corrected chi connectivity index (χ3v) is 10.8. The monoisotopic (exact) mass is 635 g/mol. The first kappa shape index (κ1) is 36.5. The lowest BCUT2D eigenvalue weighted by Crippen LogP contribution is -2.56. The number of hydrogen-bond donors (Lipinski definition) is 4. The molecule has 0 heterocycles. The molecule has 0 saturated heterocycles. The van der Waals surface area contributed by atoms with Gasteiger partial charge in [-0.2, -0.15) is 0 Å². The van der Waals surface area contributed by atoms with Gasteiger partial charge in [0.2, 0.25) is 11.8 Å². The number of hydrogen-bond acceptors (Lipinski definition) is 7. The zero-order valence-electron chi connectivity index (χ0n) is 27.3. The Morgan fingerprint density at radius 2 is 1.55 bits per heavy atom. The molecule has 4 N–H and O–H groups in total. The van der Waals surface area contributed by atoms with Crippen LogP contribution in [0.25, 0.3) is 0 Å². The predicted molar refractivity (Wildman–Crippen MR) is 175 cm³/mol. The first-order chi connectivity index (χ1) is 20.8. The Labute approximate surface area is 265 Å². The van der Waals surface area contributed by atoms with Crippen molar-refractivity contribution in [3.8, 4) is 0 Å². The van der Waals surface area contributed by atoms with Gasteiger partial charge in [-0.05, 0) is 63.1 Å². The molecular weight excluding hydrogens is 578 g/mol. The van der Waals surface area contributed by atoms with Crippen molar-refractivity contribution in [2.24, 2.45) is 23.7 Å². The number of sulfone groups is 1. The second-order valence-electron chi connectivity index (χ2n) is 14.1. The Balaban J connectivity index is 1.78. The van der Waals surface area contributed by atoms with Gasteiger partial charge in [0.1, 0.15) is 12.1 Å². The van der Waals surface area contributed by atoms with E-state index in [1.54, 1.807) is 4.90 Å². The Kier molecular flexibility index (Phi) is 14.6. The van der Waals surface area contributed by atoms with E-state index >= 15 is 0 Å². The van der Waals surface area contributed by atoms with Crippen molar-refractivity contribution in [1.82, 2.24) is 15.5 Å². The topological polar surface area (TPSA) is 136 Å². The lowest BCUT2D eigenvalue weighted by Gasteiger charge is -2.34. The molecule has 250 valence electrons. The summed E-state index contributed by atoms with van der Waals surface area (Å²) in [5.74, 6) is -1.18. The maximum absolute atomic E-state index is 13.8. The Morgan fingerprint density at radius 3 is 2.14 bits per heavy atom. The largest absolute Gasteiger partial charge is 0.390 e. The first-order valence-electron chi connectivity index (χ1n) is 16.7. The minimum atomic E-state index is -3.54. The average molecular weight is 636 g/mol. The highest BCUT2D eigenvalue weighted by Crippen LogP contribution is 2.34. The minimum Gasteiger partial charge on any atom is -0.390 e. The van der Waals surface area contributed by atoms with Gasteiger partial charge in [-0.15, -0.1) is 0 Å². The lowest BCUT2D eigenvalue weighted by atomic mass is 9.82. The van der Waals surface area contributed by atoms with E-state index in [1.807, 2.05) is 58.3 Å². The summed E-state index contributed by atoms with van der Waals surface area (Å²) in [6.45, 7) is 4.33. The van der Waals surface area contributed by atoms with Gasteiger partial charge in [0.25, 0.3) is 0 Å². The van der Waals surface area contributed by atoms with Crippen LogP contribution in [-0.2, 0) is 25.8 Å². The summed E-state index contributed by atoms with van der Waals surface area (Å²) in [6, 6.07) is 7.87. The highest BCUT2D eigenvalue weighted by Gasteiger charge is 2.37. The normalized spacial score (nSPS) is 19.7. The quantitative estimate of drug-likeness (QED) is 0.183. The first-order valence-corrected chi connectivity index (χ1v) is 18.5. The molecule has 0 spiro atoms. The van der Waals surface area contributed by atoms with Crippen molar-refractivity contribution < 1.29 is 28.2 Å². The smallest absolute Gasteiger partial charge is 0.242 e. The molecule has 0 aromatic heterocycles. The fraction of sp³-hybridized carbons (Fsp3) is 0.765. The molecule has 2 amide bonds. The van der Waals surface area contributed by atoms with Crippen LogP contribution in [-0.4, -0.2) is 91.8 Å². The van der Waals surface area contributed by atoms with E-state index in [0.717, 1.165) is 44.1 Å². The van der Waals surface area contributed by atoms with Crippen LogP contribution in [0.15, 0.2) is 30.3 Å². The highest BCUT2D eigenvalue weighted by molar-refractivity contribution is 7.91. The second-order valence-corrected chi connectivity index (χ2v) is 16.3. The van der Waals surface area contributed by atoms with Crippen LogP contribution in [0.3, 0.4) is 0 Å². The van der Waals surface area contributed by atoms with Crippen LogP contribution in [0.1, 0.15) is 83.6 Å².